The predicted molar refractivity (Wildman–Crippen MR) is 88.7 cm³/mol. The monoisotopic (exact) mass is 298 g/mol. The van der Waals surface area contributed by atoms with Gasteiger partial charge in [0.05, 0.1) is 17.2 Å². The average Bonchev–Trinajstić information content (AvgIpc) is 2.90. The van der Waals surface area contributed by atoms with E-state index in [4.69, 9.17) is 4.98 Å². The number of thiazole rings is 1. The van der Waals surface area contributed by atoms with E-state index in [-0.39, 0.29) is 6.61 Å². The zero-order valence-electron chi connectivity index (χ0n) is 13.6. The summed E-state index contributed by atoms with van der Waals surface area (Å²) in [4.78, 5) is 8.32. The minimum absolute atomic E-state index is 0.111. The van der Waals surface area contributed by atoms with Crippen LogP contribution in [0.5, 0.6) is 0 Å². The highest BCUT2D eigenvalue weighted by Gasteiger charge is 2.21. The molecule has 116 valence electrons. The SMILES string of the molecule is CCCCN(c1nc(C(C)CC)c(CO)s1)C(C)CC. The van der Waals surface area contributed by atoms with Crippen LogP contribution in [0.25, 0.3) is 0 Å². The number of rotatable bonds is 9. The van der Waals surface area contributed by atoms with E-state index >= 15 is 0 Å². The molecule has 20 heavy (non-hydrogen) atoms. The summed E-state index contributed by atoms with van der Waals surface area (Å²) in [6.45, 7) is 12.2. The molecule has 3 nitrogen and oxygen atoms in total. The zero-order chi connectivity index (χ0) is 15.1. The van der Waals surface area contributed by atoms with Crippen LogP contribution in [0.2, 0.25) is 0 Å². The number of aliphatic hydroxyl groups excluding tert-OH is 1. The van der Waals surface area contributed by atoms with E-state index in [1.165, 1.54) is 12.8 Å². The topological polar surface area (TPSA) is 36.4 Å². The molecular weight excluding hydrogens is 268 g/mol. The molecule has 0 amide bonds. The van der Waals surface area contributed by atoms with Gasteiger partial charge in [0.25, 0.3) is 0 Å². The summed E-state index contributed by atoms with van der Waals surface area (Å²) in [5.41, 5.74) is 1.10. The van der Waals surface area contributed by atoms with Crippen molar-refractivity contribution >= 4 is 16.5 Å². The van der Waals surface area contributed by atoms with Gasteiger partial charge in [-0.25, -0.2) is 4.98 Å². The van der Waals surface area contributed by atoms with Crippen molar-refractivity contribution in [1.29, 1.82) is 0 Å². The lowest BCUT2D eigenvalue weighted by Gasteiger charge is -2.28. The molecule has 0 aliphatic rings. The van der Waals surface area contributed by atoms with Gasteiger partial charge >= 0.3 is 0 Å². The summed E-state index contributed by atoms with van der Waals surface area (Å²) < 4.78 is 0. The average molecular weight is 298 g/mol. The number of anilines is 1. The summed E-state index contributed by atoms with van der Waals surface area (Å²) in [5.74, 6) is 0.423. The third-order valence-electron chi connectivity index (χ3n) is 4.06. The summed E-state index contributed by atoms with van der Waals surface area (Å²) in [5, 5.41) is 10.7. The highest BCUT2D eigenvalue weighted by Crippen LogP contribution is 2.33. The third-order valence-corrected chi connectivity index (χ3v) is 5.15. The predicted octanol–water partition coefficient (Wildman–Crippen LogP) is 4.55. The lowest BCUT2D eigenvalue weighted by Crippen LogP contribution is -2.33. The molecule has 0 aliphatic heterocycles. The van der Waals surface area contributed by atoms with Gasteiger partial charge in [-0.05, 0) is 32.1 Å². The van der Waals surface area contributed by atoms with Crippen LogP contribution >= 0.6 is 11.3 Å². The minimum Gasteiger partial charge on any atom is -0.391 e. The Balaban J connectivity index is 3.03. The number of unbranched alkanes of at least 4 members (excludes halogenated alkanes) is 1. The van der Waals surface area contributed by atoms with Crippen LogP contribution in [-0.2, 0) is 6.61 Å². The molecule has 0 aliphatic carbocycles. The molecule has 0 bridgehead atoms. The molecule has 0 aromatic carbocycles. The van der Waals surface area contributed by atoms with Crippen LogP contribution in [0.4, 0.5) is 5.13 Å². The van der Waals surface area contributed by atoms with Crippen molar-refractivity contribution in [3.05, 3.63) is 10.6 Å². The van der Waals surface area contributed by atoms with Crippen LogP contribution in [-0.4, -0.2) is 22.7 Å². The largest absolute Gasteiger partial charge is 0.391 e. The van der Waals surface area contributed by atoms with Gasteiger partial charge < -0.3 is 10.0 Å². The lowest BCUT2D eigenvalue weighted by atomic mass is 10.0. The number of nitrogens with zero attached hydrogens (tertiary/aromatic N) is 2. The second-order valence-corrected chi connectivity index (χ2v) is 6.64. The van der Waals surface area contributed by atoms with Crippen molar-refractivity contribution < 1.29 is 5.11 Å². The van der Waals surface area contributed by atoms with Crippen molar-refractivity contribution in [1.82, 2.24) is 4.98 Å². The summed E-state index contributed by atoms with van der Waals surface area (Å²) in [7, 11) is 0. The molecule has 1 N–H and O–H groups in total. The van der Waals surface area contributed by atoms with E-state index in [9.17, 15) is 5.11 Å². The Hall–Kier alpha value is -0.610. The quantitative estimate of drug-likeness (QED) is 0.726. The van der Waals surface area contributed by atoms with Crippen LogP contribution in [0.15, 0.2) is 0 Å². The standard InChI is InChI=1S/C16H30N2OS/c1-6-9-10-18(13(5)8-3)16-17-15(12(4)7-2)14(11-19)20-16/h12-13,19H,6-11H2,1-5H3. The van der Waals surface area contributed by atoms with E-state index < -0.39 is 0 Å². The molecule has 2 atom stereocenters. The highest BCUT2D eigenvalue weighted by molar-refractivity contribution is 7.15. The van der Waals surface area contributed by atoms with Gasteiger partial charge in [-0.15, -0.1) is 0 Å². The van der Waals surface area contributed by atoms with Crippen molar-refractivity contribution in [2.75, 3.05) is 11.4 Å². The fraction of sp³-hybridized carbons (Fsp3) is 0.812. The van der Waals surface area contributed by atoms with E-state index in [1.807, 2.05) is 0 Å². The van der Waals surface area contributed by atoms with E-state index in [0.717, 1.165) is 35.1 Å². The van der Waals surface area contributed by atoms with Crippen LogP contribution in [0, 0.1) is 0 Å². The number of aliphatic hydroxyl groups is 1. The van der Waals surface area contributed by atoms with Crippen LogP contribution < -0.4 is 4.90 Å². The van der Waals surface area contributed by atoms with E-state index in [0.29, 0.717) is 12.0 Å². The summed E-state index contributed by atoms with van der Waals surface area (Å²) in [6.07, 6.45) is 4.57. The van der Waals surface area contributed by atoms with Crippen LogP contribution in [0.1, 0.15) is 76.8 Å². The Labute approximate surface area is 128 Å². The Morgan fingerprint density at radius 2 is 1.90 bits per heavy atom. The van der Waals surface area contributed by atoms with Gasteiger partial charge in [0.1, 0.15) is 0 Å². The molecule has 0 saturated heterocycles. The molecule has 0 fully saturated rings. The zero-order valence-corrected chi connectivity index (χ0v) is 14.5. The number of hydrogen-bond acceptors (Lipinski definition) is 4. The third kappa shape index (κ3) is 4.19. The van der Waals surface area contributed by atoms with Gasteiger partial charge in [0.15, 0.2) is 5.13 Å². The second kappa shape index (κ2) is 8.63. The van der Waals surface area contributed by atoms with E-state index in [1.54, 1.807) is 11.3 Å². The van der Waals surface area contributed by atoms with Gasteiger partial charge in [-0.3, -0.25) is 0 Å². The Morgan fingerprint density at radius 1 is 1.20 bits per heavy atom. The maximum atomic E-state index is 9.58. The van der Waals surface area contributed by atoms with Crippen molar-refractivity contribution in [2.45, 2.75) is 78.9 Å². The molecule has 1 aromatic rings. The number of aromatic nitrogens is 1. The van der Waals surface area contributed by atoms with Gasteiger partial charge in [0.2, 0.25) is 0 Å². The molecular formula is C16H30N2OS. The van der Waals surface area contributed by atoms with Crippen molar-refractivity contribution in [2.24, 2.45) is 0 Å². The summed E-state index contributed by atoms with van der Waals surface area (Å²) >= 11 is 1.67. The Kier molecular flexibility index (Phi) is 7.52. The molecule has 1 aromatic heterocycles. The van der Waals surface area contributed by atoms with Gasteiger partial charge in [-0.2, -0.15) is 0 Å². The first-order valence-electron chi connectivity index (χ1n) is 7.95. The van der Waals surface area contributed by atoms with Crippen LogP contribution in [0.3, 0.4) is 0 Å². The Morgan fingerprint density at radius 3 is 2.40 bits per heavy atom. The van der Waals surface area contributed by atoms with Crippen molar-refractivity contribution in [3.8, 4) is 0 Å². The van der Waals surface area contributed by atoms with Gasteiger partial charge in [0, 0.05) is 12.6 Å². The first-order valence-corrected chi connectivity index (χ1v) is 8.77. The highest BCUT2D eigenvalue weighted by atomic mass is 32.1. The summed E-state index contributed by atoms with van der Waals surface area (Å²) in [6, 6.07) is 0.504. The van der Waals surface area contributed by atoms with Crippen molar-refractivity contribution in [3.63, 3.8) is 0 Å². The molecule has 0 radical (unpaired) electrons. The molecule has 4 heteroatoms. The second-order valence-electron chi connectivity index (χ2n) is 5.58. The first-order chi connectivity index (χ1) is 9.58. The molecule has 1 rings (SSSR count). The molecule has 1 heterocycles. The Bertz CT molecular complexity index is 392. The fourth-order valence-electron chi connectivity index (χ4n) is 2.22. The maximum Gasteiger partial charge on any atom is 0.186 e. The maximum absolute atomic E-state index is 9.58. The molecule has 0 spiro atoms. The molecule has 2 unspecified atom stereocenters. The minimum atomic E-state index is 0.111. The molecule has 0 saturated carbocycles. The first kappa shape index (κ1) is 17.4. The fourth-order valence-corrected chi connectivity index (χ4v) is 3.39. The lowest BCUT2D eigenvalue weighted by molar-refractivity contribution is 0.283. The normalized spacial score (nSPS) is 14.3. The van der Waals surface area contributed by atoms with E-state index in [2.05, 4.69) is 39.5 Å². The smallest absolute Gasteiger partial charge is 0.186 e. The number of hydrogen-bond donors (Lipinski definition) is 1. The van der Waals surface area contributed by atoms with Gasteiger partial charge in [-0.1, -0.05) is 45.5 Å².